The Morgan fingerprint density at radius 2 is 2.11 bits per heavy atom. The minimum atomic E-state index is -0.320. The number of nitrogens with zero attached hydrogens (tertiary/aromatic N) is 1. The van der Waals surface area contributed by atoms with E-state index in [0.717, 1.165) is 15.5 Å². The number of rotatable bonds is 3. The first kappa shape index (κ1) is 13.6. The normalized spacial score (nSPS) is 16.8. The summed E-state index contributed by atoms with van der Waals surface area (Å²) in [5, 5.41) is 0.891. The summed E-state index contributed by atoms with van der Waals surface area (Å²) in [5.41, 5.74) is 1.57. The van der Waals surface area contributed by atoms with Crippen molar-refractivity contribution in [2.45, 2.75) is 13.8 Å². The van der Waals surface area contributed by atoms with Crippen molar-refractivity contribution >= 4 is 22.8 Å². The van der Waals surface area contributed by atoms with Gasteiger partial charge in [-0.2, -0.15) is 0 Å². The standard InChI is InChI=1S/C15H15NO2S/c1-3-13-12(15(17)18-4-2)10-16-14(19-13)11-8-6-5-7-9-11/h3,5-10H,4H2,1-2H3/b13-3-. The van der Waals surface area contributed by atoms with E-state index in [9.17, 15) is 4.79 Å². The van der Waals surface area contributed by atoms with Gasteiger partial charge in [0.15, 0.2) is 0 Å². The van der Waals surface area contributed by atoms with Gasteiger partial charge in [-0.25, -0.2) is 9.79 Å². The van der Waals surface area contributed by atoms with Gasteiger partial charge in [0.1, 0.15) is 5.04 Å². The second-order valence-corrected chi connectivity index (χ2v) is 4.85. The number of allylic oxidation sites excluding steroid dienone is 1. The van der Waals surface area contributed by atoms with Gasteiger partial charge in [0, 0.05) is 16.7 Å². The first-order valence-corrected chi connectivity index (χ1v) is 6.93. The van der Waals surface area contributed by atoms with Crippen LogP contribution in [0.5, 0.6) is 0 Å². The highest BCUT2D eigenvalue weighted by atomic mass is 32.2. The maximum absolute atomic E-state index is 11.8. The molecule has 0 N–H and O–H groups in total. The zero-order valence-corrected chi connectivity index (χ0v) is 11.7. The number of carbonyl (C=O) groups is 1. The number of thioether (sulfide) groups is 1. The van der Waals surface area contributed by atoms with Crippen LogP contribution in [-0.4, -0.2) is 17.6 Å². The van der Waals surface area contributed by atoms with Crippen molar-refractivity contribution < 1.29 is 9.53 Å². The van der Waals surface area contributed by atoms with E-state index in [0.29, 0.717) is 12.2 Å². The lowest BCUT2D eigenvalue weighted by Gasteiger charge is -2.15. The average Bonchev–Trinajstić information content (AvgIpc) is 2.47. The zero-order valence-electron chi connectivity index (χ0n) is 10.9. The molecule has 0 bridgehead atoms. The fourth-order valence-corrected chi connectivity index (χ4v) is 2.59. The minimum absolute atomic E-state index is 0.320. The molecular weight excluding hydrogens is 258 g/mol. The maximum Gasteiger partial charge on any atom is 0.340 e. The fraction of sp³-hybridized carbons (Fsp3) is 0.200. The van der Waals surface area contributed by atoms with Gasteiger partial charge >= 0.3 is 5.97 Å². The Hall–Kier alpha value is -1.81. The van der Waals surface area contributed by atoms with Crippen LogP contribution in [0.25, 0.3) is 0 Å². The molecule has 1 aliphatic rings. The SMILES string of the molecule is C/C=C1\SC(c2ccccc2)=NC=C1C(=O)OCC. The smallest absolute Gasteiger partial charge is 0.340 e. The summed E-state index contributed by atoms with van der Waals surface area (Å²) in [6, 6.07) is 9.91. The van der Waals surface area contributed by atoms with E-state index in [1.54, 1.807) is 13.1 Å². The van der Waals surface area contributed by atoms with Gasteiger partial charge < -0.3 is 4.74 Å². The molecule has 0 saturated heterocycles. The van der Waals surface area contributed by atoms with Crippen LogP contribution in [-0.2, 0) is 9.53 Å². The molecule has 0 radical (unpaired) electrons. The summed E-state index contributed by atoms with van der Waals surface area (Å²) in [6.45, 7) is 4.07. The highest BCUT2D eigenvalue weighted by Gasteiger charge is 2.21. The molecule has 0 aliphatic carbocycles. The Kier molecular flexibility index (Phi) is 4.58. The van der Waals surface area contributed by atoms with Crippen molar-refractivity contribution in [1.82, 2.24) is 0 Å². The molecule has 3 nitrogen and oxygen atoms in total. The summed E-state index contributed by atoms with van der Waals surface area (Å²) < 4.78 is 5.02. The maximum atomic E-state index is 11.8. The largest absolute Gasteiger partial charge is 0.462 e. The monoisotopic (exact) mass is 273 g/mol. The van der Waals surface area contributed by atoms with Crippen LogP contribution in [0.1, 0.15) is 19.4 Å². The predicted octanol–water partition coefficient (Wildman–Crippen LogP) is 3.53. The van der Waals surface area contributed by atoms with Gasteiger partial charge in [0.25, 0.3) is 0 Å². The van der Waals surface area contributed by atoms with Crippen LogP contribution in [0.15, 0.2) is 58.1 Å². The summed E-state index contributed by atoms with van der Waals surface area (Å²) in [6.07, 6.45) is 3.50. The van der Waals surface area contributed by atoms with E-state index >= 15 is 0 Å². The van der Waals surface area contributed by atoms with Gasteiger partial charge in [-0.1, -0.05) is 48.2 Å². The molecular formula is C15H15NO2S. The number of ether oxygens (including phenoxy) is 1. The second kappa shape index (κ2) is 6.38. The highest BCUT2D eigenvalue weighted by molar-refractivity contribution is 8.18. The fourth-order valence-electron chi connectivity index (χ4n) is 1.66. The van der Waals surface area contributed by atoms with Gasteiger partial charge in [0.05, 0.1) is 12.2 Å². The molecule has 1 aromatic carbocycles. The van der Waals surface area contributed by atoms with Crippen molar-refractivity contribution in [2.75, 3.05) is 6.61 Å². The summed E-state index contributed by atoms with van der Waals surface area (Å²) in [4.78, 5) is 17.0. The van der Waals surface area contributed by atoms with Crippen LogP contribution < -0.4 is 0 Å². The van der Waals surface area contributed by atoms with E-state index in [4.69, 9.17) is 4.74 Å². The lowest BCUT2D eigenvalue weighted by molar-refractivity contribution is -0.138. The molecule has 0 atom stereocenters. The topological polar surface area (TPSA) is 38.7 Å². The van der Waals surface area contributed by atoms with Crippen LogP contribution in [0, 0.1) is 0 Å². The Morgan fingerprint density at radius 1 is 1.37 bits per heavy atom. The number of benzene rings is 1. The third-order valence-electron chi connectivity index (χ3n) is 2.56. The van der Waals surface area contributed by atoms with Crippen molar-refractivity contribution in [3.05, 3.63) is 58.6 Å². The number of carbonyl (C=O) groups excluding carboxylic acids is 1. The quantitative estimate of drug-likeness (QED) is 0.791. The lowest BCUT2D eigenvalue weighted by atomic mass is 10.2. The van der Waals surface area contributed by atoms with Crippen molar-refractivity contribution in [3.8, 4) is 0 Å². The van der Waals surface area contributed by atoms with Crippen molar-refractivity contribution in [2.24, 2.45) is 4.99 Å². The van der Waals surface area contributed by atoms with E-state index in [-0.39, 0.29) is 5.97 Å². The molecule has 4 heteroatoms. The van der Waals surface area contributed by atoms with Crippen LogP contribution >= 0.6 is 11.8 Å². The Bertz CT molecular complexity index is 559. The third-order valence-corrected chi connectivity index (χ3v) is 3.77. The zero-order chi connectivity index (χ0) is 13.7. The Balaban J connectivity index is 2.31. The van der Waals surface area contributed by atoms with Gasteiger partial charge in [-0.05, 0) is 13.8 Å². The number of hydrogen-bond acceptors (Lipinski definition) is 4. The molecule has 98 valence electrons. The first-order chi connectivity index (χ1) is 9.26. The van der Waals surface area contributed by atoms with Gasteiger partial charge in [0.2, 0.25) is 0 Å². The summed E-state index contributed by atoms with van der Waals surface area (Å²) in [7, 11) is 0. The molecule has 1 aliphatic heterocycles. The molecule has 1 aromatic rings. The Morgan fingerprint density at radius 3 is 2.74 bits per heavy atom. The molecule has 0 fully saturated rings. The first-order valence-electron chi connectivity index (χ1n) is 6.11. The highest BCUT2D eigenvalue weighted by Crippen LogP contribution is 2.32. The molecule has 0 unspecified atom stereocenters. The molecule has 1 heterocycles. The van der Waals surface area contributed by atoms with E-state index in [1.165, 1.54) is 11.8 Å². The lowest BCUT2D eigenvalue weighted by Crippen LogP contribution is -2.12. The summed E-state index contributed by atoms with van der Waals surface area (Å²) >= 11 is 1.49. The third kappa shape index (κ3) is 3.15. The van der Waals surface area contributed by atoms with Crippen molar-refractivity contribution in [1.29, 1.82) is 0 Å². The minimum Gasteiger partial charge on any atom is -0.462 e. The molecule has 2 rings (SSSR count). The van der Waals surface area contributed by atoms with Gasteiger partial charge in [-0.3, -0.25) is 0 Å². The second-order valence-electron chi connectivity index (χ2n) is 3.82. The number of esters is 1. The van der Waals surface area contributed by atoms with Gasteiger partial charge in [-0.15, -0.1) is 0 Å². The van der Waals surface area contributed by atoms with Crippen molar-refractivity contribution in [3.63, 3.8) is 0 Å². The van der Waals surface area contributed by atoms with E-state index in [1.807, 2.05) is 43.3 Å². The van der Waals surface area contributed by atoms with E-state index < -0.39 is 0 Å². The van der Waals surface area contributed by atoms with E-state index in [2.05, 4.69) is 4.99 Å². The molecule has 19 heavy (non-hydrogen) atoms. The molecule has 0 spiro atoms. The van der Waals surface area contributed by atoms with Crippen LogP contribution in [0.3, 0.4) is 0 Å². The number of hydrogen-bond donors (Lipinski definition) is 0. The molecule has 0 saturated carbocycles. The summed E-state index contributed by atoms with van der Waals surface area (Å²) in [5.74, 6) is -0.320. The predicted molar refractivity (Wildman–Crippen MR) is 79.0 cm³/mol. The average molecular weight is 273 g/mol. The molecule has 0 amide bonds. The van der Waals surface area contributed by atoms with Crippen LogP contribution in [0.4, 0.5) is 0 Å². The Labute approximate surface area is 117 Å². The van der Waals surface area contributed by atoms with Crippen LogP contribution in [0.2, 0.25) is 0 Å². The number of aliphatic imine (C=N–C) groups is 1. The molecule has 0 aromatic heterocycles.